The van der Waals surface area contributed by atoms with E-state index < -0.39 is 0 Å². The highest BCUT2D eigenvalue weighted by Crippen LogP contribution is 2.37. The molecule has 1 aromatic carbocycles. The van der Waals surface area contributed by atoms with E-state index in [2.05, 4.69) is 0 Å². The number of hydrogen-bond acceptors (Lipinski definition) is 3. The molecule has 0 heterocycles. The number of aliphatic hydroxyl groups excluding tert-OH is 1. The van der Waals surface area contributed by atoms with E-state index in [0.717, 1.165) is 16.7 Å². The molecule has 1 unspecified atom stereocenters. The summed E-state index contributed by atoms with van der Waals surface area (Å²) >= 11 is 0. The van der Waals surface area contributed by atoms with Gasteiger partial charge in [0.1, 0.15) is 0 Å². The fourth-order valence-corrected chi connectivity index (χ4v) is 1.76. The van der Waals surface area contributed by atoms with Gasteiger partial charge < -0.3 is 14.9 Å². The Balaban J connectivity index is 3.36. The van der Waals surface area contributed by atoms with E-state index in [-0.39, 0.29) is 18.3 Å². The molecule has 0 radical (unpaired) electrons. The van der Waals surface area contributed by atoms with Crippen LogP contribution in [-0.2, 0) is 0 Å². The van der Waals surface area contributed by atoms with Crippen molar-refractivity contribution >= 4 is 0 Å². The maximum atomic E-state index is 9.77. The summed E-state index contributed by atoms with van der Waals surface area (Å²) in [4.78, 5) is 0. The summed E-state index contributed by atoms with van der Waals surface area (Å²) in [7, 11) is 1.54. The number of aromatic hydroxyl groups is 1. The van der Waals surface area contributed by atoms with Gasteiger partial charge in [-0.3, -0.25) is 0 Å². The number of phenols is 1. The first kappa shape index (κ1) is 11.9. The predicted molar refractivity (Wildman–Crippen MR) is 59.6 cm³/mol. The minimum absolute atomic E-state index is 0.0539. The molecule has 2 N–H and O–H groups in total. The van der Waals surface area contributed by atoms with E-state index >= 15 is 0 Å². The molecule has 1 atom stereocenters. The fraction of sp³-hybridized carbons (Fsp3) is 0.500. The van der Waals surface area contributed by atoms with Gasteiger partial charge in [-0.05, 0) is 30.5 Å². The van der Waals surface area contributed by atoms with Crippen molar-refractivity contribution in [2.45, 2.75) is 26.7 Å². The summed E-state index contributed by atoms with van der Waals surface area (Å²) in [5.41, 5.74) is 2.68. The summed E-state index contributed by atoms with van der Waals surface area (Å²) in [5.74, 6) is 0.743. The summed E-state index contributed by atoms with van der Waals surface area (Å²) in [5, 5.41) is 18.9. The Morgan fingerprint density at radius 3 is 2.47 bits per heavy atom. The molecule has 0 amide bonds. The summed E-state index contributed by atoms with van der Waals surface area (Å²) < 4.78 is 5.16. The van der Waals surface area contributed by atoms with Crippen LogP contribution in [0.2, 0.25) is 0 Å². The Labute approximate surface area is 90.3 Å². The molecule has 1 rings (SSSR count). The zero-order valence-corrected chi connectivity index (χ0v) is 9.66. The molecule has 15 heavy (non-hydrogen) atoms. The monoisotopic (exact) mass is 210 g/mol. The van der Waals surface area contributed by atoms with Crippen LogP contribution in [0.4, 0.5) is 0 Å². The first-order valence-corrected chi connectivity index (χ1v) is 5.00. The van der Waals surface area contributed by atoms with Crippen molar-refractivity contribution in [2.75, 3.05) is 13.7 Å². The summed E-state index contributed by atoms with van der Waals surface area (Å²) in [6.07, 6.45) is 0. The lowest BCUT2D eigenvalue weighted by Gasteiger charge is -2.17. The van der Waals surface area contributed by atoms with Crippen molar-refractivity contribution in [1.82, 2.24) is 0 Å². The van der Waals surface area contributed by atoms with Crippen LogP contribution < -0.4 is 4.74 Å². The molecule has 1 aromatic rings. The molecule has 0 saturated heterocycles. The van der Waals surface area contributed by atoms with Crippen LogP contribution in [0.25, 0.3) is 0 Å². The molecule has 0 aliphatic heterocycles. The van der Waals surface area contributed by atoms with Crippen LogP contribution >= 0.6 is 0 Å². The van der Waals surface area contributed by atoms with Crippen molar-refractivity contribution in [3.63, 3.8) is 0 Å². The number of aliphatic hydroxyl groups is 1. The number of phenolic OH excluding ortho intramolecular Hbond substituents is 1. The van der Waals surface area contributed by atoms with Gasteiger partial charge in [0.25, 0.3) is 0 Å². The van der Waals surface area contributed by atoms with Gasteiger partial charge in [0.2, 0.25) is 0 Å². The molecular weight excluding hydrogens is 192 g/mol. The van der Waals surface area contributed by atoms with Gasteiger partial charge in [-0.2, -0.15) is 0 Å². The zero-order chi connectivity index (χ0) is 11.6. The fourth-order valence-electron chi connectivity index (χ4n) is 1.76. The Morgan fingerprint density at radius 1 is 1.40 bits per heavy atom. The largest absolute Gasteiger partial charge is 0.504 e. The van der Waals surface area contributed by atoms with Gasteiger partial charge in [-0.15, -0.1) is 0 Å². The Morgan fingerprint density at radius 2 is 2.00 bits per heavy atom. The molecule has 3 heteroatoms. The topological polar surface area (TPSA) is 49.7 Å². The molecule has 0 saturated carbocycles. The molecule has 0 spiro atoms. The van der Waals surface area contributed by atoms with Crippen LogP contribution in [0.1, 0.15) is 29.5 Å². The lowest BCUT2D eigenvalue weighted by atomic mass is 9.94. The third-order valence-corrected chi connectivity index (χ3v) is 2.74. The average Bonchev–Trinajstić information content (AvgIpc) is 2.23. The van der Waals surface area contributed by atoms with E-state index in [0.29, 0.717) is 5.75 Å². The van der Waals surface area contributed by atoms with E-state index in [1.54, 1.807) is 0 Å². The SMILES string of the molecule is COc1c(C)c(C(C)CO)cc(C)c1O. The van der Waals surface area contributed by atoms with Crippen molar-refractivity contribution in [2.24, 2.45) is 0 Å². The molecule has 0 aliphatic rings. The highest BCUT2D eigenvalue weighted by Gasteiger charge is 2.16. The molecule has 3 nitrogen and oxygen atoms in total. The molecular formula is C12H18O3. The van der Waals surface area contributed by atoms with Crippen LogP contribution in [0.3, 0.4) is 0 Å². The highest BCUT2D eigenvalue weighted by atomic mass is 16.5. The van der Waals surface area contributed by atoms with Gasteiger partial charge in [0.15, 0.2) is 11.5 Å². The second kappa shape index (κ2) is 4.53. The Bertz CT molecular complexity index is 358. The average molecular weight is 210 g/mol. The van der Waals surface area contributed by atoms with Crippen LogP contribution in [0, 0.1) is 13.8 Å². The maximum absolute atomic E-state index is 9.77. The minimum atomic E-state index is 0.0539. The van der Waals surface area contributed by atoms with Crippen molar-refractivity contribution in [3.8, 4) is 11.5 Å². The number of ether oxygens (including phenoxy) is 1. The summed E-state index contributed by atoms with van der Waals surface area (Å²) in [6, 6.07) is 1.90. The Kier molecular flexibility index (Phi) is 3.58. The van der Waals surface area contributed by atoms with Gasteiger partial charge in [-0.25, -0.2) is 0 Å². The predicted octanol–water partition coefficient (Wildman–Crippen LogP) is 2.11. The number of hydrogen-bond donors (Lipinski definition) is 2. The molecule has 0 bridgehead atoms. The highest BCUT2D eigenvalue weighted by molar-refractivity contribution is 5.54. The van der Waals surface area contributed by atoms with Crippen molar-refractivity contribution in [3.05, 3.63) is 22.8 Å². The third-order valence-electron chi connectivity index (χ3n) is 2.74. The lowest BCUT2D eigenvalue weighted by Crippen LogP contribution is -2.04. The van der Waals surface area contributed by atoms with Crippen molar-refractivity contribution in [1.29, 1.82) is 0 Å². The first-order chi connectivity index (χ1) is 7.02. The van der Waals surface area contributed by atoms with Gasteiger partial charge in [0.05, 0.1) is 7.11 Å². The Hall–Kier alpha value is -1.22. The standard InChI is InChI=1S/C12H18O3/c1-7-5-10(8(2)6-13)9(3)12(15-4)11(7)14/h5,8,13-14H,6H2,1-4H3. The number of rotatable bonds is 3. The molecule has 0 aliphatic carbocycles. The van der Waals surface area contributed by atoms with Gasteiger partial charge in [-0.1, -0.05) is 13.0 Å². The second-order valence-corrected chi connectivity index (χ2v) is 3.87. The second-order valence-electron chi connectivity index (χ2n) is 3.87. The number of benzene rings is 1. The van der Waals surface area contributed by atoms with Crippen LogP contribution in [0.5, 0.6) is 11.5 Å². The van der Waals surface area contributed by atoms with E-state index in [1.165, 1.54) is 7.11 Å². The smallest absolute Gasteiger partial charge is 0.163 e. The zero-order valence-electron chi connectivity index (χ0n) is 9.66. The van der Waals surface area contributed by atoms with Gasteiger partial charge in [0, 0.05) is 12.5 Å². The van der Waals surface area contributed by atoms with Crippen molar-refractivity contribution < 1.29 is 14.9 Å². The maximum Gasteiger partial charge on any atom is 0.163 e. The first-order valence-electron chi connectivity index (χ1n) is 5.00. The van der Waals surface area contributed by atoms with E-state index in [4.69, 9.17) is 9.84 Å². The number of methoxy groups -OCH3 is 1. The lowest BCUT2D eigenvalue weighted by molar-refractivity contribution is 0.272. The minimum Gasteiger partial charge on any atom is -0.504 e. The van der Waals surface area contributed by atoms with E-state index in [1.807, 2.05) is 26.8 Å². The normalized spacial score (nSPS) is 12.6. The van der Waals surface area contributed by atoms with Crippen LogP contribution in [-0.4, -0.2) is 23.9 Å². The third kappa shape index (κ3) is 2.07. The molecule has 84 valence electrons. The molecule has 0 fully saturated rings. The van der Waals surface area contributed by atoms with Crippen LogP contribution in [0.15, 0.2) is 6.07 Å². The quantitative estimate of drug-likeness (QED) is 0.803. The molecule has 0 aromatic heterocycles. The van der Waals surface area contributed by atoms with Gasteiger partial charge >= 0.3 is 0 Å². The summed E-state index contributed by atoms with van der Waals surface area (Å²) in [6.45, 7) is 5.75. The van der Waals surface area contributed by atoms with E-state index in [9.17, 15) is 5.11 Å². The number of aryl methyl sites for hydroxylation is 1.